The molecule has 3 N–H and O–H groups in total. The summed E-state index contributed by atoms with van der Waals surface area (Å²) in [6, 6.07) is 5.28. The van der Waals surface area contributed by atoms with Gasteiger partial charge in [0.1, 0.15) is 0 Å². The summed E-state index contributed by atoms with van der Waals surface area (Å²) in [4.78, 5) is 14.0. The fourth-order valence-electron chi connectivity index (χ4n) is 2.59. The maximum atomic E-state index is 12.0. The predicted octanol–water partition coefficient (Wildman–Crippen LogP) is 1.65. The SMILES string of the molecule is CCOC(=O)c1cc(N)ccc1N(C)CC1CC(O)C1. The number of rotatable bonds is 5. The molecule has 1 aliphatic rings. The van der Waals surface area contributed by atoms with Crippen LogP contribution in [0.4, 0.5) is 11.4 Å². The molecule has 0 radical (unpaired) electrons. The number of anilines is 2. The quantitative estimate of drug-likeness (QED) is 0.632. The summed E-state index contributed by atoms with van der Waals surface area (Å²) in [6.45, 7) is 2.93. The first-order chi connectivity index (χ1) is 9.51. The Morgan fingerprint density at radius 2 is 2.20 bits per heavy atom. The van der Waals surface area contributed by atoms with Gasteiger partial charge < -0.3 is 20.5 Å². The number of ether oxygens (including phenoxy) is 1. The third-order valence-electron chi connectivity index (χ3n) is 3.67. The molecule has 0 atom stereocenters. The van der Waals surface area contributed by atoms with Crippen molar-refractivity contribution < 1.29 is 14.6 Å². The van der Waals surface area contributed by atoms with Crippen LogP contribution in [-0.4, -0.2) is 37.4 Å². The number of aliphatic hydroxyl groups is 1. The number of carbonyl (C=O) groups excluding carboxylic acids is 1. The zero-order valence-electron chi connectivity index (χ0n) is 12.0. The number of nitrogens with zero attached hydrogens (tertiary/aromatic N) is 1. The van der Waals surface area contributed by atoms with Crippen molar-refractivity contribution in [2.75, 3.05) is 30.8 Å². The van der Waals surface area contributed by atoms with Gasteiger partial charge in [0, 0.05) is 19.3 Å². The van der Waals surface area contributed by atoms with E-state index in [9.17, 15) is 9.90 Å². The van der Waals surface area contributed by atoms with Gasteiger partial charge in [-0.15, -0.1) is 0 Å². The smallest absolute Gasteiger partial charge is 0.340 e. The zero-order chi connectivity index (χ0) is 14.7. The molecule has 110 valence electrons. The molecule has 1 aliphatic carbocycles. The molecule has 0 unspecified atom stereocenters. The van der Waals surface area contributed by atoms with E-state index in [0.29, 0.717) is 23.8 Å². The number of nitrogen functional groups attached to an aromatic ring is 1. The Kier molecular flexibility index (Phi) is 4.49. The third-order valence-corrected chi connectivity index (χ3v) is 3.67. The molecule has 0 amide bonds. The van der Waals surface area contributed by atoms with Gasteiger partial charge in [0.25, 0.3) is 0 Å². The van der Waals surface area contributed by atoms with E-state index >= 15 is 0 Å². The lowest BCUT2D eigenvalue weighted by Gasteiger charge is -2.35. The molecule has 1 aromatic rings. The van der Waals surface area contributed by atoms with Gasteiger partial charge in [0.05, 0.1) is 24.0 Å². The van der Waals surface area contributed by atoms with E-state index < -0.39 is 0 Å². The monoisotopic (exact) mass is 278 g/mol. The van der Waals surface area contributed by atoms with Gasteiger partial charge in [0.2, 0.25) is 0 Å². The average Bonchev–Trinajstić information content (AvgIpc) is 2.37. The summed E-state index contributed by atoms with van der Waals surface area (Å²) in [7, 11) is 1.94. The molecule has 0 heterocycles. The number of hydrogen-bond acceptors (Lipinski definition) is 5. The van der Waals surface area contributed by atoms with Gasteiger partial charge in [-0.2, -0.15) is 0 Å². The predicted molar refractivity (Wildman–Crippen MR) is 78.8 cm³/mol. The summed E-state index contributed by atoms with van der Waals surface area (Å²) in [5.41, 5.74) is 7.62. The minimum Gasteiger partial charge on any atom is -0.462 e. The standard InChI is InChI=1S/C15H22N2O3/c1-3-20-15(19)13-8-11(16)4-5-14(13)17(2)9-10-6-12(18)7-10/h4-5,8,10,12,18H,3,6-7,9,16H2,1-2H3. The molecule has 1 aromatic carbocycles. The summed E-state index contributed by atoms with van der Waals surface area (Å²) in [5.74, 6) is 0.123. The first kappa shape index (κ1) is 14.7. The van der Waals surface area contributed by atoms with Gasteiger partial charge in [0.15, 0.2) is 0 Å². The largest absolute Gasteiger partial charge is 0.462 e. The number of carbonyl (C=O) groups is 1. The topological polar surface area (TPSA) is 75.8 Å². The van der Waals surface area contributed by atoms with Crippen LogP contribution in [0.2, 0.25) is 0 Å². The first-order valence-electron chi connectivity index (χ1n) is 6.97. The van der Waals surface area contributed by atoms with Crippen molar-refractivity contribution in [1.82, 2.24) is 0 Å². The van der Waals surface area contributed by atoms with Crippen molar-refractivity contribution in [2.45, 2.75) is 25.9 Å². The Labute approximate surface area is 119 Å². The Balaban J connectivity index is 2.14. The highest BCUT2D eigenvalue weighted by atomic mass is 16.5. The summed E-state index contributed by atoms with van der Waals surface area (Å²) >= 11 is 0. The van der Waals surface area contributed by atoms with Crippen LogP contribution < -0.4 is 10.6 Å². The molecule has 1 saturated carbocycles. The molecule has 0 bridgehead atoms. The van der Waals surface area contributed by atoms with Crippen molar-refractivity contribution in [3.8, 4) is 0 Å². The van der Waals surface area contributed by atoms with E-state index in [-0.39, 0.29) is 12.1 Å². The number of hydrogen-bond donors (Lipinski definition) is 2. The second-order valence-corrected chi connectivity index (χ2v) is 5.37. The Bertz CT molecular complexity index is 484. The molecule has 2 rings (SSSR count). The summed E-state index contributed by atoms with van der Waals surface area (Å²) in [6.07, 6.45) is 1.49. The van der Waals surface area contributed by atoms with E-state index in [0.717, 1.165) is 25.1 Å². The molecule has 0 aromatic heterocycles. The minimum atomic E-state index is -0.352. The third kappa shape index (κ3) is 3.22. The molecule has 0 spiro atoms. The van der Waals surface area contributed by atoms with Crippen molar-refractivity contribution in [2.24, 2.45) is 5.92 Å². The highest BCUT2D eigenvalue weighted by molar-refractivity contribution is 5.97. The second-order valence-electron chi connectivity index (χ2n) is 5.37. The number of aliphatic hydroxyl groups excluding tert-OH is 1. The number of benzene rings is 1. The van der Waals surface area contributed by atoms with Gasteiger partial charge in [-0.3, -0.25) is 0 Å². The summed E-state index contributed by atoms with van der Waals surface area (Å²) < 4.78 is 5.07. The van der Waals surface area contributed by atoms with Crippen LogP contribution in [-0.2, 0) is 4.74 Å². The summed E-state index contributed by atoms with van der Waals surface area (Å²) in [5, 5.41) is 9.34. The highest BCUT2D eigenvalue weighted by Crippen LogP contribution is 2.30. The van der Waals surface area contributed by atoms with E-state index in [1.165, 1.54) is 0 Å². The van der Waals surface area contributed by atoms with Crippen LogP contribution in [0.3, 0.4) is 0 Å². The molecule has 0 saturated heterocycles. The zero-order valence-corrected chi connectivity index (χ0v) is 12.0. The van der Waals surface area contributed by atoms with Crippen molar-refractivity contribution in [3.63, 3.8) is 0 Å². The van der Waals surface area contributed by atoms with Crippen LogP contribution in [0.5, 0.6) is 0 Å². The number of esters is 1. The van der Waals surface area contributed by atoms with Crippen molar-refractivity contribution in [3.05, 3.63) is 23.8 Å². The Hall–Kier alpha value is -1.75. The second kappa shape index (κ2) is 6.13. The Morgan fingerprint density at radius 3 is 2.80 bits per heavy atom. The van der Waals surface area contributed by atoms with Crippen LogP contribution in [0.25, 0.3) is 0 Å². The number of nitrogens with two attached hydrogens (primary N) is 1. The minimum absolute atomic E-state index is 0.163. The molecule has 20 heavy (non-hydrogen) atoms. The van der Waals surface area contributed by atoms with E-state index in [1.807, 2.05) is 18.0 Å². The van der Waals surface area contributed by atoms with Crippen LogP contribution in [0.15, 0.2) is 18.2 Å². The Morgan fingerprint density at radius 1 is 1.50 bits per heavy atom. The van der Waals surface area contributed by atoms with E-state index in [2.05, 4.69) is 0 Å². The lowest BCUT2D eigenvalue weighted by molar-refractivity contribution is 0.0460. The van der Waals surface area contributed by atoms with Crippen molar-refractivity contribution in [1.29, 1.82) is 0 Å². The van der Waals surface area contributed by atoms with Crippen LogP contribution in [0.1, 0.15) is 30.1 Å². The lowest BCUT2D eigenvalue weighted by Crippen LogP contribution is -2.37. The van der Waals surface area contributed by atoms with E-state index in [1.54, 1.807) is 19.1 Å². The molecule has 5 nitrogen and oxygen atoms in total. The fraction of sp³-hybridized carbons (Fsp3) is 0.533. The molecular formula is C15H22N2O3. The van der Waals surface area contributed by atoms with Crippen LogP contribution in [0, 0.1) is 5.92 Å². The maximum absolute atomic E-state index is 12.0. The molecule has 0 aliphatic heterocycles. The van der Waals surface area contributed by atoms with Gasteiger partial charge in [-0.05, 0) is 43.9 Å². The van der Waals surface area contributed by atoms with Gasteiger partial charge >= 0.3 is 5.97 Å². The first-order valence-corrected chi connectivity index (χ1v) is 6.97. The average molecular weight is 278 g/mol. The normalized spacial score (nSPS) is 21.1. The van der Waals surface area contributed by atoms with E-state index in [4.69, 9.17) is 10.5 Å². The highest BCUT2D eigenvalue weighted by Gasteiger charge is 2.29. The fourth-order valence-corrected chi connectivity index (χ4v) is 2.59. The van der Waals surface area contributed by atoms with Crippen molar-refractivity contribution >= 4 is 17.3 Å². The molecule has 1 fully saturated rings. The lowest BCUT2D eigenvalue weighted by atomic mass is 9.82. The van der Waals surface area contributed by atoms with Gasteiger partial charge in [-0.1, -0.05) is 0 Å². The van der Waals surface area contributed by atoms with Crippen LogP contribution >= 0.6 is 0 Å². The molecule has 5 heteroatoms. The van der Waals surface area contributed by atoms with Gasteiger partial charge in [-0.25, -0.2) is 4.79 Å². The maximum Gasteiger partial charge on any atom is 0.340 e. The molecular weight excluding hydrogens is 256 g/mol.